The van der Waals surface area contributed by atoms with Crippen LogP contribution in [0.5, 0.6) is 0 Å². The van der Waals surface area contributed by atoms with Crippen LogP contribution in [0.25, 0.3) is 0 Å². The summed E-state index contributed by atoms with van der Waals surface area (Å²) in [4.78, 5) is 11.4. The minimum Gasteiger partial charge on any atom is -0.505 e. The first kappa shape index (κ1) is 15.3. The van der Waals surface area contributed by atoms with Gasteiger partial charge in [-0.2, -0.15) is 0 Å². The van der Waals surface area contributed by atoms with E-state index >= 15 is 0 Å². The molecule has 0 bridgehead atoms. The minimum atomic E-state index is -0.251. The molecule has 112 valence electrons. The lowest BCUT2D eigenvalue weighted by molar-refractivity contribution is -0.116. The molecular formula is C18H28O2. The Morgan fingerprint density at radius 3 is 2.60 bits per heavy atom. The summed E-state index contributed by atoms with van der Waals surface area (Å²) in [6, 6.07) is 0. The Bertz CT molecular complexity index is 458. The second-order valence-electron chi connectivity index (χ2n) is 7.68. The monoisotopic (exact) mass is 276 g/mol. The molecule has 0 heterocycles. The van der Waals surface area contributed by atoms with Gasteiger partial charge < -0.3 is 5.11 Å². The quantitative estimate of drug-likeness (QED) is 0.446. The number of allylic oxidation sites excluding steroid dienone is 3. The number of ketones is 1. The van der Waals surface area contributed by atoms with Crippen LogP contribution in [0.4, 0.5) is 0 Å². The van der Waals surface area contributed by atoms with Gasteiger partial charge in [-0.05, 0) is 48.5 Å². The second kappa shape index (κ2) is 5.05. The van der Waals surface area contributed by atoms with Gasteiger partial charge in [0.15, 0.2) is 11.5 Å². The maximum absolute atomic E-state index is 11.4. The van der Waals surface area contributed by atoms with Crippen molar-refractivity contribution in [1.29, 1.82) is 0 Å². The molecule has 0 aliphatic heterocycles. The van der Waals surface area contributed by atoms with E-state index in [9.17, 15) is 9.90 Å². The Balaban J connectivity index is 2.41. The van der Waals surface area contributed by atoms with Gasteiger partial charge in [0, 0.05) is 12.8 Å². The van der Waals surface area contributed by atoms with Gasteiger partial charge in [-0.1, -0.05) is 39.3 Å². The SMILES string of the molecule is C=C1CC[C@H]2C(C)(C)CCC[C@]2(C)[C@H]1/C=C(\O)C(C)=O. The molecule has 0 aromatic rings. The largest absolute Gasteiger partial charge is 0.505 e. The predicted octanol–water partition coefficient (Wildman–Crippen LogP) is 4.82. The number of rotatable bonds is 2. The summed E-state index contributed by atoms with van der Waals surface area (Å²) < 4.78 is 0. The molecule has 2 heteroatoms. The number of aliphatic hydroxyl groups is 1. The van der Waals surface area contributed by atoms with Crippen molar-refractivity contribution in [2.75, 3.05) is 0 Å². The smallest absolute Gasteiger partial charge is 0.193 e. The Labute approximate surface area is 123 Å². The Morgan fingerprint density at radius 1 is 1.35 bits per heavy atom. The van der Waals surface area contributed by atoms with E-state index in [1.165, 1.54) is 31.8 Å². The third-order valence-electron chi connectivity index (χ3n) is 5.87. The maximum Gasteiger partial charge on any atom is 0.193 e. The molecule has 0 aromatic carbocycles. The Hall–Kier alpha value is -1.05. The van der Waals surface area contributed by atoms with Crippen molar-refractivity contribution < 1.29 is 9.90 Å². The minimum absolute atomic E-state index is 0.0959. The molecule has 0 radical (unpaired) electrons. The third kappa shape index (κ3) is 2.45. The van der Waals surface area contributed by atoms with Gasteiger partial charge in [0.2, 0.25) is 0 Å². The highest BCUT2D eigenvalue weighted by Gasteiger charge is 2.52. The Morgan fingerprint density at radius 2 is 2.00 bits per heavy atom. The van der Waals surface area contributed by atoms with Crippen molar-refractivity contribution in [3.8, 4) is 0 Å². The van der Waals surface area contributed by atoms with Crippen molar-refractivity contribution in [2.24, 2.45) is 22.7 Å². The van der Waals surface area contributed by atoms with Crippen molar-refractivity contribution in [3.05, 3.63) is 24.0 Å². The molecule has 0 saturated heterocycles. The molecule has 3 atom stereocenters. The van der Waals surface area contributed by atoms with Crippen LogP contribution < -0.4 is 0 Å². The van der Waals surface area contributed by atoms with Crippen molar-refractivity contribution in [2.45, 2.75) is 59.8 Å². The molecular weight excluding hydrogens is 248 g/mol. The lowest BCUT2D eigenvalue weighted by atomic mass is 9.47. The molecule has 0 unspecified atom stereocenters. The number of Topliss-reactive ketones (excluding diaryl/α,β-unsaturated/α-hetero) is 1. The summed E-state index contributed by atoms with van der Waals surface area (Å²) in [7, 11) is 0. The topological polar surface area (TPSA) is 37.3 Å². The van der Waals surface area contributed by atoms with Crippen molar-refractivity contribution >= 4 is 5.78 Å². The molecule has 0 amide bonds. The molecule has 2 saturated carbocycles. The normalized spacial score (nSPS) is 37.4. The fourth-order valence-corrected chi connectivity index (χ4v) is 4.79. The molecule has 2 rings (SSSR count). The van der Waals surface area contributed by atoms with E-state index in [4.69, 9.17) is 0 Å². The second-order valence-corrected chi connectivity index (χ2v) is 7.68. The average Bonchev–Trinajstić information content (AvgIpc) is 2.32. The fourth-order valence-electron chi connectivity index (χ4n) is 4.79. The first-order valence-corrected chi connectivity index (χ1v) is 7.78. The zero-order valence-electron chi connectivity index (χ0n) is 13.3. The molecule has 20 heavy (non-hydrogen) atoms. The van der Waals surface area contributed by atoms with Gasteiger partial charge in [0.25, 0.3) is 0 Å². The Kier molecular flexibility index (Phi) is 3.88. The standard InChI is InChI=1S/C18H28O2/c1-12-7-8-16-17(3,4)9-6-10-18(16,5)14(12)11-15(20)13(2)19/h11,14,16,20H,1,6-10H2,2-5H3/b15-11-/t14-,16-,18+/m0/s1. The van der Waals surface area contributed by atoms with Crippen LogP contribution >= 0.6 is 0 Å². The lowest BCUT2D eigenvalue weighted by Crippen LogP contribution is -2.49. The number of fused-ring (bicyclic) bond motifs is 1. The van der Waals surface area contributed by atoms with Crippen LogP contribution in [-0.2, 0) is 4.79 Å². The predicted molar refractivity (Wildman–Crippen MR) is 82.5 cm³/mol. The van der Waals surface area contributed by atoms with Crippen molar-refractivity contribution in [3.63, 3.8) is 0 Å². The van der Waals surface area contributed by atoms with Crippen LogP contribution in [0.15, 0.2) is 24.0 Å². The molecule has 2 fully saturated rings. The van der Waals surface area contributed by atoms with Crippen LogP contribution in [0.2, 0.25) is 0 Å². The van der Waals surface area contributed by atoms with E-state index in [0.29, 0.717) is 11.3 Å². The number of hydrogen-bond donors (Lipinski definition) is 1. The molecule has 2 nitrogen and oxygen atoms in total. The highest BCUT2D eigenvalue weighted by atomic mass is 16.3. The summed E-state index contributed by atoms with van der Waals surface area (Å²) in [5.41, 5.74) is 1.64. The fraction of sp³-hybridized carbons (Fsp3) is 0.722. The van der Waals surface area contributed by atoms with E-state index in [2.05, 4.69) is 27.4 Å². The molecule has 0 spiro atoms. The van der Waals surface area contributed by atoms with Crippen LogP contribution in [0.3, 0.4) is 0 Å². The van der Waals surface area contributed by atoms with Gasteiger partial charge in [-0.25, -0.2) is 0 Å². The highest BCUT2D eigenvalue weighted by Crippen LogP contribution is 2.61. The van der Waals surface area contributed by atoms with E-state index < -0.39 is 0 Å². The summed E-state index contributed by atoms with van der Waals surface area (Å²) in [6.45, 7) is 12.7. The first-order chi connectivity index (χ1) is 9.18. The molecule has 0 aromatic heterocycles. The van der Waals surface area contributed by atoms with Crippen molar-refractivity contribution in [1.82, 2.24) is 0 Å². The summed E-state index contributed by atoms with van der Waals surface area (Å²) in [5, 5.41) is 9.90. The number of carbonyl (C=O) groups excluding carboxylic acids is 1. The number of aliphatic hydroxyl groups excluding tert-OH is 1. The molecule has 2 aliphatic carbocycles. The van der Waals surface area contributed by atoms with Crippen LogP contribution in [-0.4, -0.2) is 10.9 Å². The van der Waals surface area contributed by atoms with Gasteiger partial charge >= 0.3 is 0 Å². The van der Waals surface area contributed by atoms with Gasteiger partial charge in [-0.3, -0.25) is 4.79 Å². The molecule has 1 N–H and O–H groups in total. The average molecular weight is 276 g/mol. The van der Waals surface area contributed by atoms with Gasteiger partial charge in [-0.15, -0.1) is 0 Å². The highest BCUT2D eigenvalue weighted by molar-refractivity contribution is 5.90. The zero-order chi connectivity index (χ0) is 15.1. The maximum atomic E-state index is 11.4. The van der Waals surface area contributed by atoms with Crippen LogP contribution in [0.1, 0.15) is 59.8 Å². The van der Waals surface area contributed by atoms with E-state index in [1.807, 2.05) is 0 Å². The van der Waals surface area contributed by atoms with E-state index in [0.717, 1.165) is 12.8 Å². The van der Waals surface area contributed by atoms with Gasteiger partial charge in [0.05, 0.1) is 0 Å². The summed E-state index contributed by atoms with van der Waals surface area (Å²) in [5.74, 6) is 0.417. The first-order valence-electron chi connectivity index (χ1n) is 7.78. The molecule has 2 aliphatic rings. The summed E-state index contributed by atoms with van der Waals surface area (Å²) in [6.07, 6.45) is 7.63. The van der Waals surface area contributed by atoms with Gasteiger partial charge in [0.1, 0.15) is 0 Å². The number of carbonyl (C=O) groups is 1. The van der Waals surface area contributed by atoms with E-state index in [-0.39, 0.29) is 22.9 Å². The lowest BCUT2D eigenvalue weighted by Gasteiger charge is -2.57. The third-order valence-corrected chi connectivity index (χ3v) is 5.87. The summed E-state index contributed by atoms with van der Waals surface area (Å²) >= 11 is 0. The van der Waals surface area contributed by atoms with E-state index in [1.54, 1.807) is 6.08 Å². The zero-order valence-corrected chi connectivity index (χ0v) is 13.3. The number of hydrogen-bond acceptors (Lipinski definition) is 2. The van der Waals surface area contributed by atoms with Crippen LogP contribution in [0, 0.1) is 22.7 Å².